The van der Waals surface area contributed by atoms with Crippen LogP contribution >= 0.6 is 0 Å². The van der Waals surface area contributed by atoms with Crippen molar-refractivity contribution in [3.63, 3.8) is 0 Å². The van der Waals surface area contributed by atoms with Crippen LogP contribution in [0.4, 0.5) is 0 Å². The van der Waals surface area contributed by atoms with E-state index in [1.807, 2.05) is 0 Å². The normalized spacial score (nSPS) is 14.9. The van der Waals surface area contributed by atoms with Gasteiger partial charge in [-0.15, -0.1) is 10.2 Å². The average molecular weight is 434 g/mol. The van der Waals surface area contributed by atoms with E-state index in [1.54, 1.807) is 0 Å². The fourth-order valence-electron chi connectivity index (χ4n) is 2.95. The molecule has 0 saturated heterocycles. The second kappa shape index (κ2) is 20.2. The van der Waals surface area contributed by atoms with Crippen molar-refractivity contribution in [1.82, 2.24) is 0 Å². The van der Waals surface area contributed by atoms with Gasteiger partial charge in [0.05, 0.1) is 19.8 Å². The first-order valence-electron chi connectivity index (χ1n) is 10.2. The molecule has 0 heterocycles. The summed E-state index contributed by atoms with van der Waals surface area (Å²) in [7, 11) is -4.94. The predicted octanol–water partition coefficient (Wildman–Crippen LogP) is -4.26. The lowest BCUT2D eigenvalue weighted by atomic mass is 10.1. The number of aliphatic hydroxyl groups excluding tert-OH is 4. The molecule has 10 heteroatoms. The van der Waals surface area contributed by atoms with Gasteiger partial charge in [0.25, 0.3) is 0 Å². The van der Waals surface area contributed by atoms with Crippen molar-refractivity contribution in [3.8, 4) is 0 Å². The van der Waals surface area contributed by atoms with E-state index >= 15 is 0 Å². The molecule has 0 aromatic heterocycles. The molecule has 0 aliphatic carbocycles. The minimum absolute atomic E-state index is 0.253. The molecule has 0 radical (unpaired) electrons. The van der Waals surface area contributed by atoms with E-state index in [0.717, 1.165) is 17.9 Å². The maximum Gasteiger partial charge on any atom is 0.126 e. The Kier molecular flexibility index (Phi) is 21.7. The highest BCUT2D eigenvalue weighted by Crippen LogP contribution is 2.10. The third kappa shape index (κ3) is 28.1. The van der Waals surface area contributed by atoms with Crippen molar-refractivity contribution in [2.75, 3.05) is 32.8 Å². The maximum atomic E-state index is 9.56. The number of hydrogen-bond acceptors (Lipinski definition) is 8. The molecule has 0 fully saturated rings. The van der Waals surface area contributed by atoms with Crippen molar-refractivity contribution in [1.29, 1.82) is 0 Å². The Hall–Kier alpha value is -0.0700. The molecule has 5 N–H and O–H groups in total. The van der Waals surface area contributed by atoms with Crippen molar-refractivity contribution in [2.24, 2.45) is 0 Å². The Morgan fingerprint density at radius 2 is 1.00 bits per heavy atom. The van der Waals surface area contributed by atoms with Crippen LogP contribution in [-0.2, 0) is 0 Å². The Morgan fingerprint density at radius 1 is 0.679 bits per heavy atom. The van der Waals surface area contributed by atoms with E-state index in [-0.39, 0.29) is 13.2 Å². The second-order valence-corrected chi connectivity index (χ2v) is 7.90. The fourth-order valence-corrected chi connectivity index (χ4v) is 2.95. The van der Waals surface area contributed by atoms with Crippen LogP contribution in [0.15, 0.2) is 0 Å². The minimum atomic E-state index is -4.94. The number of aliphatic hydroxyl groups is 4. The molecule has 2 atom stereocenters. The van der Waals surface area contributed by atoms with Gasteiger partial charge in [0.1, 0.15) is 25.3 Å². The van der Waals surface area contributed by atoms with Crippen molar-refractivity contribution >= 4 is 0 Å². The van der Waals surface area contributed by atoms with E-state index in [2.05, 4.69) is 6.92 Å². The zero-order chi connectivity index (χ0) is 21.8. The highest BCUT2D eigenvalue weighted by molar-refractivity contribution is 4.53. The molecule has 9 nitrogen and oxygen atoms in total. The van der Waals surface area contributed by atoms with Crippen molar-refractivity contribution in [3.05, 3.63) is 0 Å². The third-order valence-corrected chi connectivity index (χ3v) is 4.35. The summed E-state index contributed by atoms with van der Waals surface area (Å²) in [5.41, 5.74) is 0. The average Bonchev–Trinajstić information content (AvgIpc) is 2.61. The first-order chi connectivity index (χ1) is 13.1. The number of quaternary nitrogens is 1. The molecule has 0 spiro atoms. The molecule has 0 rings (SSSR count). The smallest absolute Gasteiger partial charge is 0.126 e. The van der Waals surface area contributed by atoms with Crippen LogP contribution in [0.2, 0.25) is 0 Å². The summed E-state index contributed by atoms with van der Waals surface area (Å²) in [6, 6.07) is 0. The van der Waals surface area contributed by atoms with Gasteiger partial charge in [0.2, 0.25) is 0 Å². The quantitative estimate of drug-likeness (QED) is 0.143. The summed E-state index contributed by atoms with van der Waals surface area (Å²) in [4.78, 5) is 1.05. The third-order valence-electron chi connectivity index (χ3n) is 4.35. The van der Waals surface area contributed by atoms with Crippen LogP contribution in [0.1, 0.15) is 71.1 Å². The molecule has 0 bridgehead atoms. The van der Waals surface area contributed by atoms with E-state index in [1.165, 1.54) is 57.8 Å². The topological polar surface area (TPSA) is 178 Å². The standard InChI is InChI=1S/C18H39NO4.ClHO4/c1-2-3-4-5-6-7-8-9-10-11-12-19(13-17(22)15-20)14-18(23)16-21;2-1(3,4)5/h17-18,20-23H,2-16H2,1H3;(H,2,3,4,5). The lowest BCUT2D eigenvalue weighted by molar-refractivity contribution is -2.00. The van der Waals surface area contributed by atoms with Gasteiger partial charge in [0.15, 0.2) is 0 Å². The van der Waals surface area contributed by atoms with E-state index in [9.17, 15) is 10.2 Å². The summed E-state index contributed by atoms with van der Waals surface area (Å²) in [5.74, 6) is 0. The Balaban J connectivity index is 0. The van der Waals surface area contributed by atoms with Crippen LogP contribution in [0.5, 0.6) is 0 Å². The molecule has 0 amide bonds. The van der Waals surface area contributed by atoms with Gasteiger partial charge >= 0.3 is 0 Å². The fraction of sp³-hybridized carbons (Fsp3) is 1.00. The molecular weight excluding hydrogens is 394 g/mol. The van der Waals surface area contributed by atoms with E-state index in [4.69, 9.17) is 28.8 Å². The highest BCUT2D eigenvalue weighted by Gasteiger charge is 2.17. The largest absolute Gasteiger partial charge is 0.393 e. The van der Waals surface area contributed by atoms with Gasteiger partial charge in [-0.3, -0.25) is 0 Å². The lowest BCUT2D eigenvalue weighted by Crippen LogP contribution is -3.14. The van der Waals surface area contributed by atoms with Crippen LogP contribution in [0.25, 0.3) is 0 Å². The summed E-state index contributed by atoms with van der Waals surface area (Å²) in [5, 5.41) is 37.0. The zero-order valence-electron chi connectivity index (χ0n) is 17.1. The minimum Gasteiger partial charge on any atom is -0.393 e. The molecule has 0 aromatic carbocycles. The molecule has 0 saturated carbocycles. The van der Waals surface area contributed by atoms with Gasteiger partial charge in [-0.1, -0.05) is 58.3 Å². The summed E-state index contributed by atoms with van der Waals surface area (Å²) in [6.07, 6.45) is 11.3. The number of rotatable bonds is 17. The Morgan fingerprint density at radius 3 is 1.32 bits per heavy atom. The first-order valence-corrected chi connectivity index (χ1v) is 11.4. The Bertz CT molecular complexity index is 302. The van der Waals surface area contributed by atoms with Crippen molar-refractivity contribution < 1.29 is 54.2 Å². The first kappa shape index (κ1) is 30.1. The predicted molar refractivity (Wildman–Crippen MR) is 93.6 cm³/mol. The second-order valence-electron chi connectivity index (χ2n) is 7.14. The molecule has 0 aliphatic heterocycles. The van der Waals surface area contributed by atoms with Crippen LogP contribution in [0.3, 0.4) is 0 Å². The van der Waals surface area contributed by atoms with E-state index < -0.39 is 22.5 Å². The number of unbranched alkanes of at least 4 members (excludes halogenated alkanes) is 9. The van der Waals surface area contributed by atoms with Gasteiger partial charge in [0, 0.05) is 0 Å². The number of hydrogen-bond donors (Lipinski definition) is 5. The monoisotopic (exact) mass is 433 g/mol. The molecule has 172 valence electrons. The maximum absolute atomic E-state index is 9.56. The summed E-state index contributed by atoms with van der Waals surface area (Å²) >= 11 is 0. The van der Waals surface area contributed by atoms with Crippen LogP contribution in [0, 0.1) is 10.2 Å². The molecule has 0 aliphatic rings. The van der Waals surface area contributed by atoms with Crippen LogP contribution in [-0.4, -0.2) is 65.5 Å². The van der Waals surface area contributed by atoms with Gasteiger partial charge in [-0.2, -0.15) is 0 Å². The van der Waals surface area contributed by atoms with Gasteiger partial charge < -0.3 is 25.3 Å². The van der Waals surface area contributed by atoms with Crippen LogP contribution < -0.4 is 23.5 Å². The molecular formula is C18H40ClNO8. The van der Waals surface area contributed by atoms with Crippen molar-refractivity contribution in [2.45, 2.75) is 83.3 Å². The Labute approximate surface area is 171 Å². The summed E-state index contributed by atoms with van der Waals surface area (Å²) < 4.78 is 34.0. The zero-order valence-corrected chi connectivity index (χ0v) is 17.8. The SMILES string of the molecule is CCCCCCCCCCCC[NH+](CC(O)CO)CC(O)CO.[O-][Cl+3]([O-])([O-])[O-]. The summed E-state index contributed by atoms with van der Waals surface area (Å²) in [6.45, 7) is 3.44. The lowest BCUT2D eigenvalue weighted by Gasteiger charge is -2.23. The highest BCUT2D eigenvalue weighted by atomic mass is 35.7. The molecule has 0 aromatic rings. The van der Waals surface area contributed by atoms with Gasteiger partial charge in [-0.25, -0.2) is 18.6 Å². The van der Waals surface area contributed by atoms with E-state index in [0.29, 0.717) is 13.1 Å². The number of halogens is 1. The van der Waals surface area contributed by atoms with Gasteiger partial charge in [-0.05, 0) is 12.8 Å². The molecule has 2 unspecified atom stereocenters. The number of nitrogens with one attached hydrogen (secondary N) is 1. The molecule has 28 heavy (non-hydrogen) atoms.